The molecule has 0 radical (unpaired) electrons. The van der Waals surface area contributed by atoms with Crippen LogP contribution in [-0.2, 0) is 11.2 Å². The van der Waals surface area contributed by atoms with E-state index in [0.29, 0.717) is 18.8 Å². The quantitative estimate of drug-likeness (QED) is 0.771. The predicted molar refractivity (Wildman–Crippen MR) is 105 cm³/mol. The first-order chi connectivity index (χ1) is 13.0. The van der Waals surface area contributed by atoms with Crippen LogP contribution in [-0.4, -0.2) is 65.2 Å². The van der Waals surface area contributed by atoms with Crippen LogP contribution < -0.4 is 5.32 Å². The highest BCUT2D eigenvalue weighted by molar-refractivity contribution is 5.75. The first-order valence-electron chi connectivity index (χ1n) is 10.1. The van der Waals surface area contributed by atoms with Crippen molar-refractivity contribution in [1.82, 2.24) is 15.1 Å². The number of hydrogen-bond acceptors (Lipinski definition) is 3. The van der Waals surface area contributed by atoms with Crippen molar-refractivity contribution in [2.75, 3.05) is 26.2 Å². The summed E-state index contributed by atoms with van der Waals surface area (Å²) in [5.74, 6) is -0.378. The number of carboxylic acid groups (broad SMARTS) is 1. The van der Waals surface area contributed by atoms with E-state index in [-0.39, 0.29) is 18.5 Å². The highest BCUT2D eigenvalue weighted by atomic mass is 16.4. The maximum absolute atomic E-state index is 12.9. The summed E-state index contributed by atoms with van der Waals surface area (Å²) in [6.45, 7) is 5.68. The van der Waals surface area contributed by atoms with E-state index < -0.39 is 5.97 Å². The van der Waals surface area contributed by atoms with Gasteiger partial charge in [-0.05, 0) is 37.2 Å². The van der Waals surface area contributed by atoms with E-state index in [9.17, 15) is 9.59 Å². The van der Waals surface area contributed by atoms with Crippen LogP contribution >= 0.6 is 0 Å². The van der Waals surface area contributed by atoms with Crippen LogP contribution in [0.25, 0.3) is 0 Å². The lowest BCUT2D eigenvalue weighted by Gasteiger charge is -2.26. The van der Waals surface area contributed by atoms with Crippen LogP contribution in [0.2, 0.25) is 0 Å². The maximum Gasteiger partial charge on any atom is 0.317 e. The van der Waals surface area contributed by atoms with E-state index in [0.717, 1.165) is 37.8 Å². The maximum atomic E-state index is 12.9. The zero-order valence-electron chi connectivity index (χ0n) is 16.1. The molecule has 1 aliphatic heterocycles. The van der Waals surface area contributed by atoms with Crippen LogP contribution in [0.4, 0.5) is 4.79 Å². The molecule has 6 nitrogen and oxygen atoms in total. The molecule has 148 valence electrons. The minimum atomic E-state index is -0.828. The third-order valence-corrected chi connectivity index (χ3v) is 5.45. The van der Waals surface area contributed by atoms with Crippen LogP contribution in [0, 0.1) is 5.92 Å². The summed E-state index contributed by atoms with van der Waals surface area (Å²) < 4.78 is 0. The lowest BCUT2D eigenvalue weighted by atomic mass is 10.0. The second-order valence-corrected chi connectivity index (χ2v) is 8.05. The Morgan fingerprint density at radius 3 is 2.59 bits per heavy atom. The number of urea groups is 1. The number of aliphatic carboxylic acids is 1. The van der Waals surface area contributed by atoms with Crippen molar-refractivity contribution in [3.63, 3.8) is 0 Å². The number of nitrogens with zero attached hydrogens (tertiary/aromatic N) is 2. The second kappa shape index (κ2) is 9.22. The van der Waals surface area contributed by atoms with E-state index in [1.807, 2.05) is 35.2 Å². The monoisotopic (exact) mass is 373 g/mol. The van der Waals surface area contributed by atoms with Gasteiger partial charge >= 0.3 is 12.0 Å². The molecule has 0 spiro atoms. The van der Waals surface area contributed by atoms with Gasteiger partial charge in [0.2, 0.25) is 0 Å². The van der Waals surface area contributed by atoms with Gasteiger partial charge in [0.25, 0.3) is 0 Å². The number of benzene rings is 1. The van der Waals surface area contributed by atoms with Gasteiger partial charge < -0.3 is 15.3 Å². The molecule has 1 aliphatic carbocycles. The molecule has 2 amide bonds. The Bertz CT molecular complexity index is 633. The molecule has 0 aromatic heterocycles. The fourth-order valence-corrected chi connectivity index (χ4v) is 3.91. The second-order valence-electron chi connectivity index (χ2n) is 8.05. The third-order valence-electron chi connectivity index (χ3n) is 5.45. The van der Waals surface area contributed by atoms with E-state index in [2.05, 4.69) is 17.1 Å². The molecule has 27 heavy (non-hydrogen) atoms. The molecule has 1 heterocycles. The zero-order valence-corrected chi connectivity index (χ0v) is 16.1. The minimum absolute atomic E-state index is 0.0592. The van der Waals surface area contributed by atoms with Crippen molar-refractivity contribution in [1.29, 1.82) is 0 Å². The number of amides is 2. The number of carboxylic acids is 1. The summed E-state index contributed by atoms with van der Waals surface area (Å²) in [6.07, 6.45) is 3.72. The molecule has 2 N–H and O–H groups in total. The number of hydrogen-bond donors (Lipinski definition) is 2. The fraction of sp³-hybridized carbons (Fsp3) is 0.619. The molecule has 2 fully saturated rings. The standard InChI is InChI=1S/C21H31N3O3/c1-16-14-23(19-8-9-19)11-12-24(15-16)21(27)22-18(7-10-20(25)26)13-17-5-3-2-4-6-17/h2-6,16,18-19H,7-15H2,1H3,(H,22,27)(H,25,26). The number of carbonyl (C=O) groups excluding carboxylic acids is 1. The molecule has 2 unspecified atom stereocenters. The minimum Gasteiger partial charge on any atom is -0.481 e. The molecule has 1 aromatic carbocycles. The molecule has 1 aromatic rings. The molecule has 6 heteroatoms. The van der Waals surface area contributed by atoms with Crippen molar-refractivity contribution in [2.45, 2.75) is 51.1 Å². The van der Waals surface area contributed by atoms with Gasteiger partial charge in [-0.25, -0.2) is 4.79 Å². The van der Waals surface area contributed by atoms with Crippen molar-refractivity contribution < 1.29 is 14.7 Å². The Morgan fingerprint density at radius 2 is 1.93 bits per heavy atom. The molecule has 3 rings (SSSR count). The van der Waals surface area contributed by atoms with E-state index in [4.69, 9.17) is 5.11 Å². The Kier molecular flexibility index (Phi) is 6.72. The van der Waals surface area contributed by atoms with E-state index >= 15 is 0 Å². The molecular weight excluding hydrogens is 342 g/mol. The first kappa shape index (κ1) is 19.7. The summed E-state index contributed by atoms with van der Waals surface area (Å²) in [6, 6.07) is 10.4. The van der Waals surface area contributed by atoms with Crippen molar-refractivity contribution in [3.05, 3.63) is 35.9 Å². The lowest BCUT2D eigenvalue weighted by molar-refractivity contribution is -0.137. The molecule has 1 saturated carbocycles. The van der Waals surface area contributed by atoms with Gasteiger partial charge in [-0.3, -0.25) is 9.69 Å². The topological polar surface area (TPSA) is 72.9 Å². The average molecular weight is 373 g/mol. The third kappa shape index (κ3) is 6.24. The predicted octanol–water partition coefficient (Wildman–Crippen LogP) is 2.59. The first-order valence-corrected chi connectivity index (χ1v) is 10.1. The normalized spacial score (nSPS) is 22.1. The van der Waals surface area contributed by atoms with E-state index in [1.165, 1.54) is 12.8 Å². The highest BCUT2D eigenvalue weighted by Crippen LogP contribution is 2.28. The smallest absolute Gasteiger partial charge is 0.317 e. The van der Waals surface area contributed by atoms with Gasteiger partial charge in [-0.1, -0.05) is 37.3 Å². The van der Waals surface area contributed by atoms with Gasteiger partial charge in [0.1, 0.15) is 0 Å². The zero-order chi connectivity index (χ0) is 19.2. The Balaban J connectivity index is 1.59. The lowest BCUT2D eigenvalue weighted by Crippen LogP contribution is -2.47. The molecule has 2 atom stereocenters. The summed E-state index contributed by atoms with van der Waals surface area (Å²) in [5.41, 5.74) is 1.11. The van der Waals surface area contributed by atoms with Crippen molar-refractivity contribution in [3.8, 4) is 0 Å². The van der Waals surface area contributed by atoms with Gasteiger partial charge in [0, 0.05) is 44.7 Å². The Labute approximate surface area is 161 Å². The van der Waals surface area contributed by atoms with Crippen LogP contribution in [0.3, 0.4) is 0 Å². The Morgan fingerprint density at radius 1 is 1.19 bits per heavy atom. The SMILES string of the molecule is CC1CN(C(=O)NC(CCC(=O)O)Cc2ccccc2)CCN(C2CC2)C1. The molecule has 0 bridgehead atoms. The molecule has 1 saturated heterocycles. The van der Waals surface area contributed by atoms with Crippen LogP contribution in [0.5, 0.6) is 0 Å². The highest BCUT2D eigenvalue weighted by Gasteiger charge is 2.33. The van der Waals surface area contributed by atoms with Crippen molar-refractivity contribution in [2.24, 2.45) is 5.92 Å². The van der Waals surface area contributed by atoms with Crippen LogP contribution in [0.1, 0.15) is 38.2 Å². The number of nitrogens with one attached hydrogen (secondary N) is 1. The van der Waals surface area contributed by atoms with Crippen LogP contribution in [0.15, 0.2) is 30.3 Å². The average Bonchev–Trinajstić information content (AvgIpc) is 3.47. The van der Waals surface area contributed by atoms with Gasteiger partial charge in [0.05, 0.1) is 0 Å². The summed E-state index contributed by atoms with van der Waals surface area (Å²) in [5, 5.41) is 12.1. The van der Waals surface area contributed by atoms with Crippen molar-refractivity contribution >= 4 is 12.0 Å². The summed E-state index contributed by atoms with van der Waals surface area (Å²) in [7, 11) is 0. The van der Waals surface area contributed by atoms with Gasteiger partial charge in [0.15, 0.2) is 0 Å². The van der Waals surface area contributed by atoms with Gasteiger partial charge in [-0.15, -0.1) is 0 Å². The molecule has 2 aliphatic rings. The molecular formula is C21H31N3O3. The largest absolute Gasteiger partial charge is 0.481 e. The van der Waals surface area contributed by atoms with E-state index in [1.54, 1.807) is 0 Å². The summed E-state index contributed by atoms with van der Waals surface area (Å²) >= 11 is 0. The number of carbonyl (C=O) groups is 2. The fourth-order valence-electron chi connectivity index (χ4n) is 3.91. The summed E-state index contributed by atoms with van der Waals surface area (Å²) in [4.78, 5) is 28.3. The van der Waals surface area contributed by atoms with Gasteiger partial charge in [-0.2, -0.15) is 0 Å². The number of rotatable bonds is 7. The Hall–Kier alpha value is -2.08.